The van der Waals surface area contributed by atoms with Crippen LogP contribution in [0.25, 0.3) is 11.0 Å². The van der Waals surface area contributed by atoms with E-state index < -0.39 is 0 Å². The van der Waals surface area contributed by atoms with Crippen LogP contribution in [0.4, 0.5) is 0 Å². The summed E-state index contributed by atoms with van der Waals surface area (Å²) in [6.07, 6.45) is 2.75. The summed E-state index contributed by atoms with van der Waals surface area (Å²) in [5.41, 5.74) is 3.05. The number of aryl methyl sites for hydroxylation is 2. The van der Waals surface area contributed by atoms with E-state index in [1.807, 2.05) is 26.0 Å². The van der Waals surface area contributed by atoms with Crippen LogP contribution in [0.3, 0.4) is 0 Å². The minimum absolute atomic E-state index is 0.0463. The van der Waals surface area contributed by atoms with Gasteiger partial charge >= 0.3 is 6.15 Å². The van der Waals surface area contributed by atoms with E-state index in [-0.39, 0.29) is 11.6 Å². The van der Waals surface area contributed by atoms with Gasteiger partial charge in [-0.1, -0.05) is 6.92 Å². The molecule has 0 amide bonds. The van der Waals surface area contributed by atoms with Crippen LogP contribution in [0.1, 0.15) is 18.2 Å². The summed E-state index contributed by atoms with van der Waals surface area (Å²) in [5.74, 6) is 0. The molecule has 0 aromatic carbocycles. The number of pyridine rings is 2. The highest BCUT2D eigenvalue weighted by molar-refractivity contribution is 5.74. The topological polar surface area (TPSA) is 79.9 Å². The van der Waals surface area contributed by atoms with Gasteiger partial charge in [0.15, 0.2) is 0 Å². The fourth-order valence-electron chi connectivity index (χ4n) is 1.49. The summed E-state index contributed by atoms with van der Waals surface area (Å²) < 4.78 is 0. The molecular weight excluding hydrogens is 220 g/mol. The summed E-state index contributed by atoms with van der Waals surface area (Å²) in [6, 6.07) is 3.78. The monoisotopic (exact) mass is 232 g/mol. The first-order valence-electron chi connectivity index (χ1n) is 5.11. The van der Waals surface area contributed by atoms with Crippen LogP contribution in [0.5, 0.6) is 0 Å². The largest absolute Gasteiger partial charge is 0.373 e. The van der Waals surface area contributed by atoms with Crippen LogP contribution < -0.4 is 5.43 Å². The van der Waals surface area contributed by atoms with Crippen molar-refractivity contribution in [3.8, 4) is 0 Å². The van der Waals surface area contributed by atoms with Gasteiger partial charge < -0.3 is 4.98 Å². The number of nitrogens with zero attached hydrogens (tertiary/aromatic N) is 1. The molecule has 0 aliphatic rings. The average Bonchev–Trinajstić information content (AvgIpc) is 2.31. The quantitative estimate of drug-likeness (QED) is 0.801. The lowest BCUT2D eigenvalue weighted by molar-refractivity contribution is -0.191. The Labute approximate surface area is 97.5 Å². The molecule has 5 nitrogen and oxygen atoms in total. The van der Waals surface area contributed by atoms with Crippen LogP contribution in [0.2, 0.25) is 0 Å². The van der Waals surface area contributed by atoms with Crippen molar-refractivity contribution in [2.45, 2.75) is 20.3 Å². The van der Waals surface area contributed by atoms with Crippen molar-refractivity contribution in [1.29, 1.82) is 0 Å². The zero-order chi connectivity index (χ0) is 12.8. The van der Waals surface area contributed by atoms with E-state index in [2.05, 4.69) is 9.97 Å². The number of H-pyrrole nitrogens is 1. The zero-order valence-electron chi connectivity index (χ0n) is 9.61. The molecule has 0 aliphatic carbocycles. The third-order valence-electron chi connectivity index (χ3n) is 2.32. The molecule has 5 heteroatoms. The number of rotatable bonds is 1. The van der Waals surface area contributed by atoms with Crippen LogP contribution in [-0.4, -0.2) is 16.1 Å². The maximum atomic E-state index is 11.8. The fourth-order valence-corrected chi connectivity index (χ4v) is 1.49. The molecule has 88 valence electrons. The molecule has 0 unspecified atom stereocenters. The standard InChI is InChI=1S/C11H12N2O.CO2/c1-3-8-6-12-9-5-4-7(2)13-10(9)11(8)14;2-1-3/h4-6H,3H2,1-2H3,(H,12,14);. The van der Waals surface area contributed by atoms with E-state index in [9.17, 15) is 4.79 Å². The molecule has 0 bridgehead atoms. The lowest BCUT2D eigenvalue weighted by Gasteiger charge is -2.00. The molecule has 2 rings (SSSR count). The lowest BCUT2D eigenvalue weighted by atomic mass is 10.2. The van der Waals surface area contributed by atoms with E-state index in [4.69, 9.17) is 9.59 Å². The average molecular weight is 232 g/mol. The number of carbonyl (C=O) groups excluding carboxylic acids is 2. The molecular formula is C12H12N2O3. The van der Waals surface area contributed by atoms with Gasteiger partial charge in [0, 0.05) is 17.5 Å². The molecule has 0 aliphatic heterocycles. The molecule has 0 saturated heterocycles. The Morgan fingerprint density at radius 2 is 2.00 bits per heavy atom. The molecule has 2 aromatic rings. The van der Waals surface area contributed by atoms with Gasteiger partial charge in [0.1, 0.15) is 5.52 Å². The molecule has 0 fully saturated rings. The maximum Gasteiger partial charge on any atom is 0.373 e. The Balaban J connectivity index is 0.000000437. The highest BCUT2D eigenvalue weighted by Gasteiger charge is 2.04. The SMILES string of the molecule is CCc1c[nH]c2ccc(C)nc2c1=O.O=C=O. The van der Waals surface area contributed by atoms with Gasteiger partial charge in [-0.05, 0) is 25.5 Å². The smallest absolute Gasteiger partial charge is 0.359 e. The van der Waals surface area contributed by atoms with E-state index >= 15 is 0 Å². The van der Waals surface area contributed by atoms with Crippen molar-refractivity contribution in [2.24, 2.45) is 0 Å². The molecule has 17 heavy (non-hydrogen) atoms. The van der Waals surface area contributed by atoms with Crippen molar-refractivity contribution >= 4 is 17.2 Å². The number of aromatic amines is 1. The first kappa shape index (κ1) is 12.8. The molecule has 1 N–H and O–H groups in total. The fraction of sp³-hybridized carbons (Fsp3) is 0.250. The Morgan fingerprint density at radius 1 is 1.35 bits per heavy atom. The van der Waals surface area contributed by atoms with Gasteiger partial charge in [0.05, 0.1) is 5.52 Å². The van der Waals surface area contributed by atoms with Gasteiger partial charge in [0.25, 0.3) is 0 Å². The van der Waals surface area contributed by atoms with Crippen LogP contribution >= 0.6 is 0 Å². The second-order valence-electron chi connectivity index (χ2n) is 3.43. The molecule has 2 aromatic heterocycles. The van der Waals surface area contributed by atoms with Gasteiger partial charge in [-0.3, -0.25) is 4.79 Å². The second kappa shape index (κ2) is 5.72. The number of nitrogens with one attached hydrogen (secondary N) is 1. The molecule has 2 heterocycles. The maximum absolute atomic E-state index is 11.8. The highest BCUT2D eigenvalue weighted by atomic mass is 16.2. The third kappa shape index (κ3) is 2.86. The summed E-state index contributed by atoms with van der Waals surface area (Å²) in [4.78, 5) is 35.4. The number of aromatic nitrogens is 2. The zero-order valence-corrected chi connectivity index (χ0v) is 9.61. The Kier molecular flexibility index (Phi) is 4.31. The summed E-state index contributed by atoms with van der Waals surface area (Å²) >= 11 is 0. The van der Waals surface area contributed by atoms with E-state index in [0.29, 0.717) is 5.52 Å². The predicted molar refractivity (Wildman–Crippen MR) is 61.5 cm³/mol. The van der Waals surface area contributed by atoms with Gasteiger partial charge in [-0.15, -0.1) is 0 Å². The van der Waals surface area contributed by atoms with E-state index in [1.165, 1.54) is 0 Å². The molecule has 0 saturated carbocycles. The normalized spacial score (nSPS) is 9.29. The number of fused-ring (bicyclic) bond motifs is 1. The Bertz CT molecular complexity index is 611. The molecule has 0 radical (unpaired) electrons. The van der Waals surface area contributed by atoms with Crippen molar-refractivity contribution in [2.75, 3.05) is 0 Å². The lowest BCUT2D eigenvalue weighted by Crippen LogP contribution is -2.10. The third-order valence-corrected chi connectivity index (χ3v) is 2.32. The van der Waals surface area contributed by atoms with E-state index in [1.54, 1.807) is 6.20 Å². The van der Waals surface area contributed by atoms with Gasteiger partial charge in [-0.2, -0.15) is 9.59 Å². The van der Waals surface area contributed by atoms with Crippen molar-refractivity contribution < 1.29 is 9.59 Å². The highest BCUT2D eigenvalue weighted by Crippen LogP contribution is 2.06. The Morgan fingerprint density at radius 3 is 2.59 bits per heavy atom. The number of hydrogen-bond donors (Lipinski definition) is 1. The van der Waals surface area contributed by atoms with Crippen LogP contribution in [0.15, 0.2) is 23.1 Å². The Hall–Kier alpha value is -2.26. The van der Waals surface area contributed by atoms with E-state index in [0.717, 1.165) is 23.2 Å². The predicted octanol–water partition coefficient (Wildman–Crippen LogP) is 1.21. The number of hydrogen-bond acceptors (Lipinski definition) is 4. The summed E-state index contributed by atoms with van der Waals surface area (Å²) in [7, 11) is 0. The van der Waals surface area contributed by atoms with Crippen molar-refractivity contribution in [1.82, 2.24) is 9.97 Å². The van der Waals surface area contributed by atoms with Crippen molar-refractivity contribution in [3.05, 3.63) is 39.8 Å². The van der Waals surface area contributed by atoms with Crippen LogP contribution in [-0.2, 0) is 16.0 Å². The van der Waals surface area contributed by atoms with Gasteiger partial charge in [-0.25, -0.2) is 4.98 Å². The first-order valence-corrected chi connectivity index (χ1v) is 5.11. The van der Waals surface area contributed by atoms with Gasteiger partial charge in [0.2, 0.25) is 5.43 Å². The molecule has 0 atom stereocenters. The van der Waals surface area contributed by atoms with Crippen LogP contribution in [0, 0.1) is 6.92 Å². The minimum Gasteiger partial charge on any atom is -0.359 e. The molecule has 0 spiro atoms. The second-order valence-corrected chi connectivity index (χ2v) is 3.43. The summed E-state index contributed by atoms with van der Waals surface area (Å²) in [5, 5.41) is 0. The van der Waals surface area contributed by atoms with Crippen molar-refractivity contribution in [3.63, 3.8) is 0 Å². The summed E-state index contributed by atoms with van der Waals surface area (Å²) in [6.45, 7) is 3.85. The minimum atomic E-state index is 0.0463. The first-order chi connectivity index (χ1) is 8.13.